The first kappa shape index (κ1) is 10.8. The number of aromatic amines is 1. The summed E-state index contributed by atoms with van der Waals surface area (Å²) in [5.74, 6) is -0.973. The third-order valence-corrected chi connectivity index (χ3v) is 2.08. The minimum Gasteiger partial charge on any atom is -0.365 e. The van der Waals surface area contributed by atoms with Gasteiger partial charge in [-0.1, -0.05) is 0 Å². The van der Waals surface area contributed by atoms with E-state index in [2.05, 4.69) is 20.9 Å². The normalized spacial score (nSPS) is 10.6. The van der Waals surface area contributed by atoms with Crippen LogP contribution in [-0.4, -0.2) is 10.9 Å². The van der Waals surface area contributed by atoms with E-state index in [1.54, 1.807) is 0 Å². The Bertz CT molecular complexity index is 430. The highest BCUT2D eigenvalue weighted by atomic mass is 79.9. The third kappa shape index (κ3) is 1.98. The number of nitrogens with two attached hydrogens (primary N) is 1. The second kappa shape index (κ2) is 3.87. The largest absolute Gasteiger partial charge is 0.365 e. The number of carbonyl (C=O) groups excluding carboxylic acids is 1. The van der Waals surface area contributed by atoms with Crippen LogP contribution in [0.25, 0.3) is 0 Å². The number of H-pyrrole nitrogens is 1. The van der Waals surface area contributed by atoms with Gasteiger partial charge in [0.05, 0.1) is 10.3 Å². The van der Waals surface area contributed by atoms with Crippen LogP contribution in [0.15, 0.2) is 15.5 Å². The summed E-state index contributed by atoms with van der Waals surface area (Å²) in [5.41, 5.74) is 3.10. The lowest BCUT2D eigenvalue weighted by Crippen LogP contribution is -2.23. The van der Waals surface area contributed by atoms with Crippen LogP contribution in [0.5, 0.6) is 0 Å². The van der Waals surface area contributed by atoms with Crippen molar-refractivity contribution in [3.05, 3.63) is 32.2 Å². The number of halogens is 3. The molecule has 7 heteroatoms. The first-order valence-corrected chi connectivity index (χ1v) is 4.23. The smallest absolute Gasteiger partial charge is 0.278 e. The number of hydrogen-bond acceptors (Lipinski definition) is 2. The van der Waals surface area contributed by atoms with Crippen molar-refractivity contribution >= 4 is 21.8 Å². The van der Waals surface area contributed by atoms with Crippen LogP contribution in [0, 0.1) is 0 Å². The first-order valence-electron chi connectivity index (χ1n) is 3.44. The number of aromatic nitrogens is 1. The van der Waals surface area contributed by atoms with Crippen molar-refractivity contribution in [2.45, 2.75) is 6.43 Å². The molecule has 4 nitrogen and oxygen atoms in total. The molecular weight excluding hydrogens is 262 g/mol. The van der Waals surface area contributed by atoms with Gasteiger partial charge in [0.2, 0.25) is 0 Å². The maximum Gasteiger partial charge on any atom is 0.278 e. The maximum absolute atomic E-state index is 12.2. The predicted octanol–water partition coefficient (Wildman–Crippen LogP) is 1.17. The number of amides is 1. The van der Waals surface area contributed by atoms with E-state index in [4.69, 9.17) is 5.73 Å². The fourth-order valence-electron chi connectivity index (χ4n) is 0.894. The van der Waals surface area contributed by atoms with Crippen LogP contribution in [0.1, 0.15) is 22.5 Å². The Kier molecular flexibility index (Phi) is 3.00. The van der Waals surface area contributed by atoms with Crippen LogP contribution in [0.2, 0.25) is 0 Å². The molecule has 0 bridgehead atoms. The molecular formula is C7H5BrF2N2O2. The van der Waals surface area contributed by atoms with E-state index in [0.29, 0.717) is 6.07 Å². The fourth-order valence-corrected chi connectivity index (χ4v) is 1.51. The van der Waals surface area contributed by atoms with Crippen LogP contribution < -0.4 is 11.2 Å². The summed E-state index contributed by atoms with van der Waals surface area (Å²) in [6, 6.07) is 0.648. The Labute approximate surface area is 85.2 Å². The Morgan fingerprint density at radius 1 is 1.57 bits per heavy atom. The van der Waals surface area contributed by atoms with Crippen molar-refractivity contribution in [1.82, 2.24) is 4.98 Å². The molecule has 1 aromatic rings. The minimum absolute atomic E-state index is 0.132. The minimum atomic E-state index is -2.80. The van der Waals surface area contributed by atoms with Crippen molar-refractivity contribution in [2.24, 2.45) is 5.73 Å². The standard InChI is InChI=1S/C7H5BrF2N2O2/c8-5-4(7(11)14)3(13)1-2(12-5)6(9)10/h1,6H,(H2,11,14)(H,12,13). The van der Waals surface area contributed by atoms with E-state index in [1.807, 2.05) is 0 Å². The van der Waals surface area contributed by atoms with Gasteiger partial charge in [-0.25, -0.2) is 8.78 Å². The third-order valence-electron chi connectivity index (χ3n) is 1.49. The molecule has 76 valence electrons. The van der Waals surface area contributed by atoms with Crippen LogP contribution >= 0.6 is 15.9 Å². The van der Waals surface area contributed by atoms with Crippen molar-refractivity contribution in [3.63, 3.8) is 0 Å². The number of rotatable bonds is 2. The molecule has 1 aromatic heterocycles. The van der Waals surface area contributed by atoms with E-state index < -0.39 is 23.5 Å². The van der Waals surface area contributed by atoms with Gasteiger partial charge in [-0.3, -0.25) is 9.59 Å². The van der Waals surface area contributed by atoms with Gasteiger partial charge in [0.1, 0.15) is 5.56 Å². The molecule has 14 heavy (non-hydrogen) atoms. The van der Waals surface area contributed by atoms with E-state index in [0.717, 1.165) is 0 Å². The van der Waals surface area contributed by atoms with E-state index in [9.17, 15) is 18.4 Å². The van der Waals surface area contributed by atoms with Gasteiger partial charge in [-0.05, 0) is 15.9 Å². The topological polar surface area (TPSA) is 76.0 Å². The van der Waals surface area contributed by atoms with Crippen molar-refractivity contribution < 1.29 is 13.6 Å². The second-order valence-electron chi connectivity index (χ2n) is 2.44. The lowest BCUT2D eigenvalue weighted by molar-refractivity contribution is 0.0997. The van der Waals surface area contributed by atoms with Gasteiger partial charge in [0.15, 0.2) is 5.43 Å². The SMILES string of the molecule is NC(=O)c1c(Br)[nH]c(C(F)F)cc1=O. The molecule has 0 saturated carbocycles. The molecule has 0 aliphatic carbocycles. The number of pyridine rings is 1. The molecule has 0 aliphatic rings. The van der Waals surface area contributed by atoms with Gasteiger partial charge in [-0.2, -0.15) is 0 Å². The van der Waals surface area contributed by atoms with E-state index in [1.165, 1.54) is 0 Å². The maximum atomic E-state index is 12.2. The molecule has 1 heterocycles. The zero-order valence-corrected chi connectivity index (χ0v) is 8.27. The predicted molar refractivity (Wildman–Crippen MR) is 48.2 cm³/mol. The molecule has 0 fully saturated rings. The number of hydrogen-bond donors (Lipinski definition) is 2. The Morgan fingerprint density at radius 2 is 2.14 bits per heavy atom. The van der Waals surface area contributed by atoms with Gasteiger partial charge in [-0.15, -0.1) is 0 Å². The molecule has 0 saturated heterocycles. The molecule has 3 N–H and O–H groups in total. The number of nitrogens with one attached hydrogen (secondary N) is 1. The second-order valence-corrected chi connectivity index (χ2v) is 3.24. The van der Waals surface area contributed by atoms with E-state index in [-0.39, 0.29) is 10.2 Å². The van der Waals surface area contributed by atoms with E-state index >= 15 is 0 Å². The molecule has 0 aliphatic heterocycles. The molecule has 0 spiro atoms. The average Bonchev–Trinajstić information content (AvgIpc) is 2.01. The molecule has 0 unspecified atom stereocenters. The van der Waals surface area contributed by atoms with Crippen LogP contribution in [0.4, 0.5) is 8.78 Å². The molecule has 1 rings (SSSR count). The summed E-state index contributed by atoms with van der Waals surface area (Å²) in [7, 11) is 0. The fraction of sp³-hybridized carbons (Fsp3) is 0.143. The summed E-state index contributed by atoms with van der Waals surface area (Å²) in [6.07, 6.45) is -2.80. The zero-order chi connectivity index (χ0) is 10.9. The summed E-state index contributed by atoms with van der Waals surface area (Å²) in [4.78, 5) is 24.0. The number of alkyl halides is 2. The summed E-state index contributed by atoms with van der Waals surface area (Å²) in [6.45, 7) is 0. The Hall–Kier alpha value is -1.24. The van der Waals surface area contributed by atoms with Crippen LogP contribution in [0.3, 0.4) is 0 Å². The Balaban J connectivity index is 3.40. The number of carbonyl (C=O) groups is 1. The first-order chi connectivity index (χ1) is 6.43. The summed E-state index contributed by atoms with van der Waals surface area (Å²) >= 11 is 2.78. The zero-order valence-electron chi connectivity index (χ0n) is 6.68. The van der Waals surface area contributed by atoms with Crippen molar-refractivity contribution in [1.29, 1.82) is 0 Å². The molecule has 0 atom stereocenters. The molecule has 0 aromatic carbocycles. The molecule has 1 amide bonds. The molecule has 0 radical (unpaired) electrons. The number of primary amides is 1. The van der Waals surface area contributed by atoms with Crippen molar-refractivity contribution in [2.75, 3.05) is 0 Å². The highest BCUT2D eigenvalue weighted by molar-refractivity contribution is 9.10. The highest BCUT2D eigenvalue weighted by Gasteiger charge is 2.16. The summed E-state index contributed by atoms with van der Waals surface area (Å²) < 4.78 is 24.2. The van der Waals surface area contributed by atoms with Gasteiger partial charge in [0, 0.05) is 6.07 Å². The Morgan fingerprint density at radius 3 is 2.50 bits per heavy atom. The van der Waals surface area contributed by atoms with Gasteiger partial charge < -0.3 is 10.7 Å². The quantitative estimate of drug-likeness (QED) is 0.789. The lowest BCUT2D eigenvalue weighted by atomic mass is 10.2. The van der Waals surface area contributed by atoms with Gasteiger partial charge in [0.25, 0.3) is 12.3 Å². The van der Waals surface area contributed by atoms with Gasteiger partial charge >= 0.3 is 0 Å². The van der Waals surface area contributed by atoms with Crippen molar-refractivity contribution in [3.8, 4) is 0 Å². The summed E-state index contributed by atoms with van der Waals surface area (Å²) in [5, 5.41) is 0. The lowest BCUT2D eigenvalue weighted by Gasteiger charge is -2.03. The average molecular weight is 267 g/mol. The monoisotopic (exact) mass is 266 g/mol. The highest BCUT2D eigenvalue weighted by Crippen LogP contribution is 2.18. The van der Waals surface area contributed by atoms with Crippen LogP contribution in [-0.2, 0) is 0 Å².